The molecular formula is C50H58F6N14O3S2. The van der Waals surface area contributed by atoms with E-state index < -0.39 is 35.6 Å². The highest BCUT2D eigenvalue weighted by Crippen LogP contribution is 2.42. The molecule has 17 nitrogen and oxygen atoms in total. The van der Waals surface area contributed by atoms with Gasteiger partial charge < -0.3 is 24.9 Å². The average molecular weight is 1080 g/mol. The summed E-state index contributed by atoms with van der Waals surface area (Å²) in [5, 5.41) is 6.28. The molecule has 4 atom stereocenters. The number of urea groups is 1. The van der Waals surface area contributed by atoms with Crippen LogP contribution in [-0.4, -0.2) is 117 Å². The molecule has 6 aliphatic heterocycles. The number of amides is 2. The summed E-state index contributed by atoms with van der Waals surface area (Å²) in [7, 11) is 0. The Balaban J connectivity index is 0.000000154. The highest BCUT2D eigenvalue weighted by atomic mass is 32.1. The zero-order chi connectivity index (χ0) is 50.9. The number of carbonyl (C=O) groups is 1. The summed E-state index contributed by atoms with van der Waals surface area (Å²) in [5.74, 6) is 0.566. The number of hydrogen-bond acceptors (Lipinski definition) is 13. The van der Waals surface area contributed by atoms with E-state index in [0.29, 0.717) is 67.4 Å². The molecule has 0 saturated carbocycles. The molecule has 6 aromatic rings. The van der Waals surface area contributed by atoms with Crippen LogP contribution in [0.3, 0.4) is 0 Å². The van der Waals surface area contributed by atoms with Gasteiger partial charge in [0.15, 0.2) is 11.6 Å². The number of pyridine rings is 5. The summed E-state index contributed by atoms with van der Waals surface area (Å²) in [5.41, 5.74) is 1.12. The highest BCUT2D eigenvalue weighted by Gasteiger charge is 2.44. The van der Waals surface area contributed by atoms with Crippen molar-refractivity contribution >= 4 is 79.1 Å². The van der Waals surface area contributed by atoms with Gasteiger partial charge in [-0.15, -0.1) is 0 Å². The number of aromatic nitrogens is 7. The fraction of sp³-hybridized carbons (Fsp3) is 0.440. The second kappa shape index (κ2) is 23.0. The number of halogens is 6. The van der Waals surface area contributed by atoms with Crippen LogP contribution in [0.4, 0.5) is 71.6 Å². The van der Waals surface area contributed by atoms with Crippen molar-refractivity contribution in [3.63, 3.8) is 0 Å². The third-order valence-electron chi connectivity index (χ3n) is 14.2. The van der Waals surface area contributed by atoms with Gasteiger partial charge in [-0.1, -0.05) is 18.2 Å². The molecule has 2 unspecified atom stereocenters. The van der Waals surface area contributed by atoms with Crippen molar-refractivity contribution in [1.29, 1.82) is 0 Å². The van der Waals surface area contributed by atoms with Crippen molar-refractivity contribution < 1.29 is 31.1 Å². The maximum absolute atomic E-state index is 13.3. The smallest absolute Gasteiger partial charge is 0.366 e. The maximum atomic E-state index is 13.3. The topological polar surface area (TPSA) is 165 Å². The first-order valence-corrected chi connectivity index (χ1v) is 24.6. The van der Waals surface area contributed by atoms with Gasteiger partial charge in [0.25, 0.3) is 0 Å². The first-order valence-electron chi connectivity index (χ1n) is 24.6. The maximum Gasteiger partial charge on any atom is 0.393 e. The Morgan fingerprint density at radius 3 is 1.85 bits per heavy atom. The number of rotatable bonds is 4. The molecule has 12 rings (SSSR count). The molecule has 75 heavy (non-hydrogen) atoms. The lowest BCUT2D eigenvalue weighted by atomic mass is 9.97. The fourth-order valence-electron chi connectivity index (χ4n) is 10.6. The predicted molar refractivity (Wildman–Crippen MR) is 286 cm³/mol. The van der Waals surface area contributed by atoms with Crippen LogP contribution in [-0.2, 0) is 0 Å². The molecule has 25 heteroatoms. The van der Waals surface area contributed by atoms with E-state index in [9.17, 15) is 40.7 Å². The summed E-state index contributed by atoms with van der Waals surface area (Å²) < 4.78 is 81.2. The molecule has 4 saturated heterocycles. The minimum atomic E-state index is -4.22. The number of anilines is 7. The molecular weight excluding hydrogens is 1020 g/mol. The Labute approximate surface area is 441 Å². The molecule has 2 amide bonds. The number of piperidine rings is 4. The molecule has 0 aromatic carbocycles. The van der Waals surface area contributed by atoms with Gasteiger partial charge in [-0.05, 0) is 112 Å². The van der Waals surface area contributed by atoms with E-state index in [1.54, 1.807) is 87.8 Å². The van der Waals surface area contributed by atoms with Crippen LogP contribution in [0.15, 0.2) is 107 Å². The Morgan fingerprint density at radius 2 is 1.20 bits per heavy atom. The van der Waals surface area contributed by atoms with Crippen molar-refractivity contribution in [2.24, 2.45) is 11.8 Å². The number of fused-ring (bicyclic) bond motifs is 9. The number of nitrogens with zero attached hydrogens (tertiary/aromatic N) is 12. The zero-order valence-corrected chi connectivity index (χ0v) is 42.7. The minimum absolute atomic E-state index is 0. The van der Waals surface area contributed by atoms with Crippen molar-refractivity contribution in [2.45, 2.75) is 75.8 Å². The van der Waals surface area contributed by atoms with Gasteiger partial charge in [0, 0.05) is 77.0 Å². The van der Waals surface area contributed by atoms with E-state index in [4.69, 9.17) is 4.98 Å². The Bertz CT molecular complexity index is 3050. The van der Waals surface area contributed by atoms with Crippen molar-refractivity contribution in [3.8, 4) is 5.82 Å². The first kappa shape index (κ1) is 54.5. The largest absolute Gasteiger partial charge is 0.393 e. The summed E-state index contributed by atoms with van der Waals surface area (Å²) in [6.07, 6.45) is 1.82. The third-order valence-corrected chi connectivity index (χ3v) is 14.2. The summed E-state index contributed by atoms with van der Waals surface area (Å²) in [6.45, 7) is 4.69. The molecule has 0 aliphatic carbocycles. The van der Waals surface area contributed by atoms with Gasteiger partial charge in [-0.3, -0.25) is 14.6 Å². The van der Waals surface area contributed by atoms with Gasteiger partial charge in [0.05, 0.1) is 29.3 Å². The Morgan fingerprint density at radius 1 is 0.600 bits per heavy atom. The first-order chi connectivity index (χ1) is 35.2. The molecule has 4 bridgehead atoms. The molecule has 6 aromatic heterocycles. The van der Waals surface area contributed by atoms with Crippen molar-refractivity contribution in [3.05, 3.63) is 118 Å². The van der Waals surface area contributed by atoms with Crippen LogP contribution in [0, 0.1) is 11.8 Å². The van der Waals surface area contributed by atoms with Gasteiger partial charge >= 0.3 is 29.8 Å². The SMILES string of the molecule is FC(F)(F)C1CCCN(c2ccc3c(n2)N[C@H]2CCCN3C2)C1.O=C(Nc1ccccn1)N1c2nc(N3CCCC(C(F)(F)F)C3)ccc2N2CCC[C@H]1C2.O=c1nc2ccccn2c(=O)n1-c1ccccn1.S.S. The normalized spacial score (nSPS) is 20.8. The number of hydrogen-bond donors (Lipinski definition) is 2. The minimum Gasteiger partial charge on any atom is -0.366 e. The molecule has 0 spiro atoms. The lowest BCUT2D eigenvalue weighted by Gasteiger charge is -2.46. The van der Waals surface area contributed by atoms with Crippen molar-refractivity contribution in [1.82, 2.24) is 33.9 Å². The molecule has 4 fully saturated rings. The van der Waals surface area contributed by atoms with Gasteiger partial charge in [0.1, 0.15) is 28.9 Å². The van der Waals surface area contributed by atoms with E-state index in [1.165, 1.54) is 10.6 Å². The molecule has 6 aliphatic rings. The van der Waals surface area contributed by atoms with E-state index in [1.807, 2.05) is 18.2 Å². The van der Waals surface area contributed by atoms with Crippen LogP contribution in [0.25, 0.3) is 11.5 Å². The standard InChI is InChI=1S/C22H25F3N6O.C16H21F3N4.C12H8N4O2.2H2S/c23-22(24,25)15-5-3-12-30(13-15)19-9-8-17-20(28-19)31(16-6-4-11-29(17)14-16)21(32)27-18-7-1-2-10-26-18;17-16(18,19)11-3-1-8-23(9-11)14-6-5-13-15(21-14)20-12-4-2-7-22(13)10-12;17-11-14-10-6-2-4-8-15(10)12(18)16(11)9-5-1-3-7-13-9;;/h1-2,7-10,15-16H,3-6,11-14H2,(H,26,27,32);5-6,11-12H,1-4,7-10H2,(H,20,21);1-8H;2*1H2/t15?,16-;11?,12-;;;/m00.../s1. The molecule has 12 heterocycles. The Hall–Kier alpha value is -6.76. The van der Waals surface area contributed by atoms with E-state index in [2.05, 4.69) is 40.4 Å². The zero-order valence-electron chi connectivity index (χ0n) is 40.7. The predicted octanol–water partition coefficient (Wildman–Crippen LogP) is 8.00. The second-order valence-corrected chi connectivity index (χ2v) is 19.0. The van der Waals surface area contributed by atoms with Crippen molar-refractivity contribution in [2.75, 3.05) is 87.5 Å². The monoisotopic (exact) mass is 1080 g/mol. The number of carbonyl (C=O) groups excluding carboxylic acids is 1. The highest BCUT2D eigenvalue weighted by molar-refractivity contribution is 7.59. The second-order valence-electron chi connectivity index (χ2n) is 19.0. The third kappa shape index (κ3) is 12.0. The summed E-state index contributed by atoms with van der Waals surface area (Å²) >= 11 is 0. The quantitative estimate of drug-likeness (QED) is 0.163. The van der Waals surface area contributed by atoms with Crippen LogP contribution >= 0.6 is 27.0 Å². The van der Waals surface area contributed by atoms with Crippen LogP contribution in [0.1, 0.15) is 51.4 Å². The fourth-order valence-corrected chi connectivity index (χ4v) is 10.6. The van der Waals surface area contributed by atoms with Gasteiger partial charge in [-0.2, -0.15) is 62.9 Å². The average Bonchev–Trinajstić information content (AvgIpc) is 3.39. The lowest BCUT2D eigenvalue weighted by Crippen LogP contribution is -2.56. The van der Waals surface area contributed by atoms with Crippen LogP contribution in [0.5, 0.6) is 0 Å². The molecule has 0 radical (unpaired) electrons. The Kier molecular flexibility index (Phi) is 16.7. The van der Waals surface area contributed by atoms with E-state index in [0.717, 1.165) is 67.1 Å². The van der Waals surface area contributed by atoms with E-state index in [-0.39, 0.29) is 70.8 Å². The van der Waals surface area contributed by atoms with Gasteiger partial charge in [0.2, 0.25) is 0 Å². The van der Waals surface area contributed by atoms with Gasteiger partial charge in [-0.25, -0.2) is 34.3 Å². The van der Waals surface area contributed by atoms with E-state index >= 15 is 0 Å². The van der Waals surface area contributed by atoms with Crippen LogP contribution < -0.4 is 46.5 Å². The van der Waals surface area contributed by atoms with Crippen LogP contribution in [0.2, 0.25) is 0 Å². The molecule has 2 N–H and O–H groups in total. The molecule has 400 valence electrons. The number of alkyl halides is 6. The summed E-state index contributed by atoms with van der Waals surface area (Å²) in [4.78, 5) is 68.4. The number of nitrogens with one attached hydrogen (secondary N) is 2. The summed E-state index contributed by atoms with van der Waals surface area (Å²) in [6, 6.07) is 22.9. The lowest BCUT2D eigenvalue weighted by molar-refractivity contribution is -0.176.